The lowest BCUT2D eigenvalue weighted by Gasteiger charge is -2.62. The molecule has 0 bridgehead atoms. The van der Waals surface area contributed by atoms with Gasteiger partial charge in [-0.2, -0.15) is 0 Å². The van der Waals surface area contributed by atoms with E-state index in [4.69, 9.17) is 4.74 Å². The summed E-state index contributed by atoms with van der Waals surface area (Å²) in [5, 5.41) is 11.7. The van der Waals surface area contributed by atoms with Crippen molar-refractivity contribution in [3.8, 4) is 0 Å². The van der Waals surface area contributed by atoms with Crippen molar-refractivity contribution in [2.75, 3.05) is 0 Å². The van der Waals surface area contributed by atoms with Gasteiger partial charge in [0, 0.05) is 6.42 Å². The van der Waals surface area contributed by atoms with Crippen molar-refractivity contribution in [3.63, 3.8) is 0 Å². The first-order chi connectivity index (χ1) is 22.0. The molecule has 0 radical (unpaired) electrons. The van der Waals surface area contributed by atoms with Crippen LogP contribution in [0.1, 0.15) is 196 Å². The van der Waals surface area contributed by atoms with Crippen molar-refractivity contribution in [1.29, 1.82) is 0 Å². The molecule has 4 fully saturated rings. The van der Waals surface area contributed by atoms with Crippen LogP contribution in [0.25, 0.3) is 0 Å². The molecule has 4 saturated carbocycles. The third kappa shape index (κ3) is 9.15. The zero-order chi connectivity index (χ0) is 33.3. The molecule has 0 spiro atoms. The second-order valence-corrected chi connectivity index (χ2v) is 18.2. The average molecular weight is 643 g/mol. The highest BCUT2D eigenvalue weighted by Crippen LogP contribution is 2.68. The highest BCUT2D eigenvalue weighted by Gasteiger charge is 2.62. The molecule has 0 aromatic carbocycles. The van der Waals surface area contributed by atoms with Gasteiger partial charge in [0.05, 0.1) is 6.10 Å². The van der Waals surface area contributed by atoms with Crippen molar-refractivity contribution in [2.24, 2.45) is 58.2 Å². The molecule has 0 aromatic rings. The van der Waals surface area contributed by atoms with Gasteiger partial charge in [-0.15, -0.1) is 0 Å². The first-order valence-electron chi connectivity index (χ1n) is 20.9. The molecule has 11 atom stereocenters. The molecule has 4 aliphatic rings. The van der Waals surface area contributed by atoms with E-state index in [-0.39, 0.29) is 29.5 Å². The molecule has 46 heavy (non-hydrogen) atoms. The van der Waals surface area contributed by atoms with Gasteiger partial charge in [-0.25, -0.2) is 0 Å². The fraction of sp³-hybridized carbons (Fsp3) is 0.977. The molecule has 3 heteroatoms. The Bertz CT molecular complexity index is 898. The highest BCUT2D eigenvalue weighted by molar-refractivity contribution is 5.69. The van der Waals surface area contributed by atoms with Gasteiger partial charge < -0.3 is 9.84 Å². The van der Waals surface area contributed by atoms with Crippen LogP contribution in [-0.2, 0) is 9.53 Å². The van der Waals surface area contributed by atoms with E-state index in [9.17, 15) is 9.90 Å². The Balaban J connectivity index is 1.21. The number of ether oxygens (including phenoxy) is 1. The second-order valence-electron chi connectivity index (χ2n) is 18.2. The predicted molar refractivity (Wildman–Crippen MR) is 195 cm³/mol. The van der Waals surface area contributed by atoms with E-state index in [1.54, 1.807) is 0 Å². The van der Waals surface area contributed by atoms with Gasteiger partial charge in [0.2, 0.25) is 0 Å². The number of aliphatic hydroxyl groups excluding tert-OH is 1. The molecule has 0 aromatic heterocycles. The Hall–Kier alpha value is -0.570. The van der Waals surface area contributed by atoms with Crippen molar-refractivity contribution < 1.29 is 14.6 Å². The van der Waals surface area contributed by atoms with Crippen LogP contribution in [0, 0.1) is 58.2 Å². The molecule has 0 aliphatic heterocycles. The number of aliphatic hydroxyl groups is 1. The standard InChI is InChI=1S/C43H78O3/c1-8-10-11-12-13-14-15-16-17-18-19-20-41(45)46-34-25-27-43(7)38-26-28-42(6)36(32(5)21-22-33(9-2)31(3)4)23-24-37(42)35(38)30-40(44)39(43)29-34/h31-40,44H,8-30H2,1-7H3/t32-,33-,34+,35+,36-,37+,38+,39-,40+,42-,43-/m1/s1. The Labute approximate surface area is 286 Å². The number of hydrogen-bond donors (Lipinski definition) is 1. The van der Waals surface area contributed by atoms with Crippen LogP contribution in [-0.4, -0.2) is 23.3 Å². The summed E-state index contributed by atoms with van der Waals surface area (Å²) in [6.45, 7) is 17.2. The van der Waals surface area contributed by atoms with Gasteiger partial charge in [0.25, 0.3) is 0 Å². The summed E-state index contributed by atoms with van der Waals surface area (Å²) < 4.78 is 6.10. The molecule has 4 rings (SSSR count). The minimum atomic E-state index is -0.241. The lowest BCUT2D eigenvalue weighted by Crippen LogP contribution is -2.58. The maximum Gasteiger partial charge on any atom is 0.306 e. The second kappa shape index (κ2) is 17.9. The lowest BCUT2D eigenvalue weighted by atomic mass is 9.43. The van der Waals surface area contributed by atoms with Gasteiger partial charge in [0.15, 0.2) is 0 Å². The molecule has 3 nitrogen and oxygen atoms in total. The number of rotatable bonds is 19. The van der Waals surface area contributed by atoms with E-state index in [1.807, 2.05) is 0 Å². The van der Waals surface area contributed by atoms with E-state index in [0.29, 0.717) is 17.8 Å². The topological polar surface area (TPSA) is 46.5 Å². The molecule has 4 aliphatic carbocycles. The van der Waals surface area contributed by atoms with Crippen LogP contribution >= 0.6 is 0 Å². The fourth-order valence-electron chi connectivity index (χ4n) is 12.2. The van der Waals surface area contributed by atoms with Gasteiger partial charge in [-0.1, -0.05) is 126 Å². The Morgan fingerprint density at radius 3 is 1.98 bits per heavy atom. The number of carbonyl (C=O) groups excluding carboxylic acids is 1. The monoisotopic (exact) mass is 643 g/mol. The summed E-state index contributed by atoms with van der Waals surface area (Å²) >= 11 is 0. The summed E-state index contributed by atoms with van der Waals surface area (Å²) in [5.74, 6) is 5.79. The summed E-state index contributed by atoms with van der Waals surface area (Å²) in [7, 11) is 0. The van der Waals surface area contributed by atoms with Gasteiger partial charge in [-0.3, -0.25) is 4.79 Å². The number of carbonyl (C=O) groups is 1. The zero-order valence-electron chi connectivity index (χ0n) is 31.8. The minimum absolute atomic E-state index is 0.00547. The van der Waals surface area contributed by atoms with E-state index < -0.39 is 0 Å². The zero-order valence-corrected chi connectivity index (χ0v) is 31.8. The summed E-state index contributed by atoms with van der Waals surface area (Å²) in [6.07, 6.45) is 28.2. The smallest absolute Gasteiger partial charge is 0.306 e. The SMILES string of the molecule is CCCCCCCCCCCCCC(=O)O[C@H]1CC[C@@]2(C)[C@H](C1)[C@@H](O)C[C@@H]1[C@@H]2CC[C@]2(C)[C@@H]([C@H](C)CC[C@@H](CC)C(C)C)CC[C@@H]12. The van der Waals surface area contributed by atoms with Crippen molar-refractivity contribution in [1.82, 2.24) is 0 Å². The Morgan fingerprint density at radius 1 is 0.739 bits per heavy atom. The number of hydrogen-bond acceptors (Lipinski definition) is 3. The summed E-state index contributed by atoms with van der Waals surface area (Å²) in [5.41, 5.74) is 0.641. The maximum absolute atomic E-state index is 12.8. The van der Waals surface area contributed by atoms with Crippen LogP contribution in [0.15, 0.2) is 0 Å². The third-order valence-electron chi connectivity index (χ3n) is 15.1. The number of fused-ring (bicyclic) bond motifs is 5. The van der Waals surface area contributed by atoms with E-state index in [0.717, 1.165) is 74.0 Å². The molecule has 0 saturated heterocycles. The summed E-state index contributed by atoms with van der Waals surface area (Å²) in [6, 6.07) is 0. The molecule has 0 amide bonds. The van der Waals surface area contributed by atoms with Crippen LogP contribution in [0.5, 0.6) is 0 Å². The quantitative estimate of drug-likeness (QED) is 0.113. The largest absolute Gasteiger partial charge is 0.462 e. The molecule has 0 heterocycles. The van der Waals surface area contributed by atoms with Gasteiger partial charge in [0.1, 0.15) is 6.10 Å². The van der Waals surface area contributed by atoms with Crippen LogP contribution < -0.4 is 0 Å². The third-order valence-corrected chi connectivity index (χ3v) is 15.1. The van der Waals surface area contributed by atoms with Crippen LogP contribution in [0.3, 0.4) is 0 Å². The lowest BCUT2D eigenvalue weighted by molar-refractivity contribution is -0.183. The van der Waals surface area contributed by atoms with Crippen LogP contribution in [0.2, 0.25) is 0 Å². The highest BCUT2D eigenvalue weighted by atomic mass is 16.5. The van der Waals surface area contributed by atoms with E-state index >= 15 is 0 Å². The maximum atomic E-state index is 12.8. The van der Waals surface area contributed by atoms with E-state index in [2.05, 4.69) is 48.5 Å². The van der Waals surface area contributed by atoms with Crippen LogP contribution in [0.4, 0.5) is 0 Å². The molecular weight excluding hydrogens is 564 g/mol. The first-order valence-corrected chi connectivity index (χ1v) is 20.9. The van der Waals surface area contributed by atoms with Gasteiger partial charge in [-0.05, 0) is 122 Å². The molecule has 1 N–H and O–H groups in total. The van der Waals surface area contributed by atoms with Crippen molar-refractivity contribution >= 4 is 5.97 Å². The fourth-order valence-corrected chi connectivity index (χ4v) is 12.2. The molecule has 268 valence electrons. The summed E-state index contributed by atoms with van der Waals surface area (Å²) in [4.78, 5) is 12.8. The number of esters is 1. The molecule has 0 unspecified atom stereocenters. The van der Waals surface area contributed by atoms with Crippen molar-refractivity contribution in [3.05, 3.63) is 0 Å². The number of unbranched alkanes of at least 4 members (excludes halogenated alkanes) is 10. The first kappa shape index (κ1) is 38.2. The predicted octanol–water partition coefficient (Wildman–Crippen LogP) is 12.3. The minimum Gasteiger partial charge on any atom is -0.462 e. The Morgan fingerprint density at radius 2 is 1.35 bits per heavy atom. The Kier molecular flexibility index (Phi) is 14.9. The van der Waals surface area contributed by atoms with Crippen molar-refractivity contribution in [2.45, 2.75) is 208 Å². The average Bonchev–Trinajstić information content (AvgIpc) is 3.38. The van der Waals surface area contributed by atoms with E-state index in [1.165, 1.54) is 103 Å². The normalized spacial score (nSPS) is 36.9. The molecular formula is C43H78O3. The van der Waals surface area contributed by atoms with Gasteiger partial charge >= 0.3 is 5.97 Å².